The fraction of sp³-hybridized carbons (Fsp3) is 0.926. The molecule has 334 valence electrons. The lowest BCUT2D eigenvalue weighted by molar-refractivity contribution is -0.0582. The van der Waals surface area contributed by atoms with Crippen molar-refractivity contribution in [2.45, 2.75) is 222 Å². The van der Waals surface area contributed by atoms with Gasteiger partial charge in [-0.05, 0) is 221 Å². The van der Waals surface area contributed by atoms with Gasteiger partial charge in [0.2, 0.25) is 0 Å². The molecule has 0 saturated heterocycles. The largest absolute Gasteiger partial charge is 0.438 e. The lowest BCUT2D eigenvalue weighted by Crippen LogP contribution is -2.50. The first-order chi connectivity index (χ1) is 28.0. The summed E-state index contributed by atoms with van der Waals surface area (Å²) < 4.78 is 13.4. The van der Waals surface area contributed by atoms with Crippen LogP contribution in [-0.2, 0) is 9.31 Å². The summed E-state index contributed by atoms with van der Waals surface area (Å²) in [6, 6.07) is 0. The van der Waals surface area contributed by atoms with Gasteiger partial charge >= 0.3 is 7.69 Å². The molecule has 18 atom stereocenters. The van der Waals surface area contributed by atoms with Crippen molar-refractivity contribution < 1.29 is 19.5 Å². The normalized spacial score (nSPS) is 46.1. The molecule has 10 unspecified atom stereocenters. The van der Waals surface area contributed by atoms with Gasteiger partial charge in [-0.25, -0.2) is 0 Å². The van der Waals surface area contributed by atoms with Crippen molar-refractivity contribution >= 4 is 7.69 Å². The van der Waals surface area contributed by atoms with Crippen LogP contribution in [0.2, 0.25) is 0 Å². The SMILES string of the molecule is CC(C)[C@H](CC[C@@H](C)C1CCC2C3CC=C4CC(O)CC[C@]4(C)C3CC[C@@]21C)OBO[C@H](CC[C@@H](C)C1CCC2C3CC=C4CC(O)CC[C@]4(C)C3CC[C@@]21C)C(C)C. The van der Waals surface area contributed by atoms with Crippen LogP contribution in [0, 0.1) is 92.7 Å². The minimum Gasteiger partial charge on any atom is -0.411 e. The molecule has 0 aromatic rings. The monoisotopic (exact) mass is 815 g/mol. The molecule has 0 aliphatic heterocycles. The molecule has 8 rings (SSSR count). The molecule has 59 heavy (non-hydrogen) atoms. The standard InChI is InChI=1S/C54H91BO4/c1-33(2)49(21-11-35(5)43-17-19-45-41-15-13-37-31-39(56)23-27-51(37,7)47(41)25-29-53(43,45)9)58-55-59-50(34(3)4)22-12-36(6)44-18-20-46-42-16-14-38-32-40(57)24-28-52(38,8)48(42)26-30-54(44,46)10/h13-14,33-36,39-50,55-57H,11-12,15-32H2,1-10H3/t35-,36-,39?,40?,41?,42?,43?,44?,45?,46?,47?,48?,49-,50+,51+,52+,53-,54-/m1/s1. The summed E-state index contributed by atoms with van der Waals surface area (Å²) in [6.07, 6.45) is 30.3. The molecule has 8 aliphatic rings. The van der Waals surface area contributed by atoms with E-state index in [1.807, 2.05) is 0 Å². The maximum Gasteiger partial charge on any atom is 0.438 e. The summed E-state index contributed by atoms with van der Waals surface area (Å²) in [5.74, 6) is 9.16. The van der Waals surface area contributed by atoms with E-state index in [0.717, 1.165) is 97.7 Å². The lowest BCUT2D eigenvalue weighted by atomic mass is 9.47. The minimum atomic E-state index is -0.113. The summed E-state index contributed by atoms with van der Waals surface area (Å²) in [5, 5.41) is 20.9. The third-order valence-corrected chi connectivity index (χ3v) is 21.5. The first-order valence-electron chi connectivity index (χ1n) is 26.0. The lowest BCUT2D eigenvalue weighted by Gasteiger charge is -2.58. The second kappa shape index (κ2) is 17.4. The van der Waals surface area contributed by atoms with Crippen molar-refractivity contribution in [1.82, 2.24) is 0 Å². The molecule has 0 amide bonds. The van der Waals surface area contributed by atoms with Crippen LogP contribution in [0.3, 0.4) is 0 Å². The van der Waals surface area contributed by atoms with Gasteiger partial charge in [0.15, 0.2) is 0 Å². The molecule has 0 spiro atoms. The van der Waals surface area contributed by atoms with E-state index in [1.54, 1.807) is 11.1 Å². The number of fused-ring (bicyclic) bond motifs is 10. The van der Waals surface area contributed by atoms with Crippen LogP contribution >= 0.6 is 0 Å². The summed E-state index contributed by atoms with van der Waals surface area (Å²) in [4.78, 5) is 0. The number of aliphatic hydroxyl groups is 2. The van der Waals surface area contributed by atoms with Crippen molar-refractivity contribution in [2.75, 3.05) is 0 Å². The fourth-order valence-electron chi connectivity index (χ4n) is 17.9. The molecule has 0 radical (unpaired) electrons. The minimum absolute atomic E-state index is 0.113. The molecule has 5 heteroatoms. The average molecular weight is 815 g/mol. The van der Waals surface area contributed by atoms with Crippen LogP contribution in [0.25, 0.3) is 0 Å². The summed E-state index contributed by atoms with van der Waals surface area (Å²) in [7, 11) is 0.434. The number of allylic oxidation sites excluding steroid dienone is 2. The topological polar surface area (TPSA) is 58.9 Å². The first kappa shape index (κ1) is 45.0. The molecule has 2 N–H and O–H groups in total. The summed E-state index contributed by atoms with van der Waals surface area (Å²) >= 11 is 0. The van der Waals surface area contributed by atoms with Crippen molar-refractivity contribution in [1.29, 1.82) is 0 Å². The predicted molar refractivity (Wildman–Crippen MR) is 246 cm³/mol. The van der Waals surface area contributed by atoms with E-state index in [9.17, 15) is 10.2 Å². The second-order valence-corrected chi connectivity index (χ2v) is 24.9. The highest BCUT2D eigenvalue weighted by Crippen LogP contribution is 2.69. The van der Waals surface area contributed by atoms with E-state index in [4.69, 9.17) is 9.31 Å². The van der Waals surface area contributed by atoms with Crippen LogP contribution in [0.15, 0.2) is 23.3 Å². The maximum absolute atomic E-state index is 10.5. The second-order valence-electron chi connectivity index (χ2n) is 24.9. The van der Waals surface area contributed by atoms with E-state index in [-0.39, 0.29) is 24.4 Å². The molecular weight excluding hydrogens is 723 g/mol. The molecule has 4 nitrogen and oxygen atoms in total. The number of aliphatic hydroxyl groups excluding tert-OH is 2. The zero-order chi connectivity index (χ0) is 42.1. The van der Waals surface area contributed by atoms with Gasteiger partial charge in [-0.3, -0.25) is 0 Å². The van der Waals surface area contributed by atoms with Gasteiger partial charge in [0, 0.05) is 12.2 Å². The quantitative estimate of drug-likeness (QED) is 0.135. The van der Waals surface area contributed by atoms with Gasteiger partial charge < -0.3 is 19.5 Å². The molecule has 0 aromatic carbocycles. The fourth-order valence-corrected chi connectivity index (χ4v) is 17.9. The molecule has 6 fully saturated rings. The highest BCUT2D eigenvalue weighted by Gasteiger charge is 2.61. The first-order valence-corrected chi connectivity index (χ1v) is 26.0. The Labute approximate surface area is 364 Å². The van der Waals surface area contributed by atoms with Crippen molar-refractivity contribution in [3.8, 4) is 0 Å². The van der Waals surface area contributed by atoms with Crippen LogP contribution in [0.4, 0.5) is 0 Å². The van der Waals surface area contributed by atoms with Crippen LogP contribution in [0.1, 0.15) is 198 Å². The van der Waals surface area contributed by atoms with Crippen molar-refractivity contribution in [3.05, 3.63) is 23.3 Å². The Morgan fingerprint density at radius 1 is 0.542 bits per heavy atom. The number of hydrogen-bond donors (Lipinski definition) is 2. The van der Waals surface area contributed by atoms with Gasteiger partial charge in [0.25, 0.3) is 0 Å². The molecule has 0 bridgehead atoms. The molecule has 0 aromatic heterocycles. The van der Waals surface area contributed by atoms with Crippen LogP contribution in [0.5, 0.6) is 0 Å². The Hall–Kier alpha value is -0.615. The summed E-state index contributed by atoms with van der Waals surface area (Å²) in [5.41, 5.74) is 4.81. The van der Waals surface area contributed by atoms with Gasteiger partial charge in [-0.1, -0.05) is 92.5 Å². The predicted octanol–water partition coefficient (Wildman–Crippen LogP) is 13.0. The van der Waals surface area contributed by atoms with Gasteiger partial charge in [0.05, 0.1) is 12.2 Å². The Bertz CT molecular complexity index is 1410. The Kier molecular flexibility index (Phi) is 13.3. The van der Waals surface area contributed by atoms with E-state index in [1.165, 1.54) is 89.9 Å². The highest BCUT2D eigenvalue weighted by molar-refractivity contribution is 6.18. The third kappa shape index (κ3) is 8.10. The zero-order valence-corrected chi connectivity index (χ0v) is 40.0. The Morgan fingerprint density at radius 2 is 0.949 bits per heavy atom. The summed E-state index contributed by atoms with van der Waals surface area (Å²) in [6.45, 7) is 25.1. The Morgan fingerprint density at radius 3 is 1.34 bits per heavy atom. The Balaban J connectivity index is 0.808. The third-order valence-electron chi connectivity index (χ3n) is 21.5. The van der Waals surface area contributed by atoms with Crippen molar-refractivity contribution in [2.24, 2.45) is 92.7 Å². The number of rotatable bonds is 14. The van der Waals surface area contributed by atoms with Crippen LogP contribution in [-0.4, -0.2) is 42.3 Å². The van der Waals surface area contributed by atoms with Crippen LogP contribution < -0.4 is 0 Å². The molecule has 8 aliphatic carbocycles. The smallest absolute Gasteiger partial charge is 0.411 e. The van der Waals surface area contributed by atoms with Gasteiger partial charge in [0.1, 0.15) is 0 Å². The number of hydrogen-bond acceptors (Lipinski definition) is 4. The molecule has 0 heterocycles. The highest BCUT2D eigenvalue weighted by atomic mass is 16.6. The van der Waals surface area contributed by atoms with Gasteiger partial charge in [-0.2, -0.15) is 0 Å². The average Bonchev–Trinajstić information content (AvgIpc) is 3.74. The maximum atomic E-state index is 10.5. The van der Waals surface area contributed by atoms with Gasteiger partial charge in [-0.15, -0.1) is 0 Å². The zero-order valence-electron chi connectivity index (χ0n) is 40.0. The molecule has 6 saturated carbocycles. The van der Waals surface area contributed by atoms with E-state index in [0.29, 0.717) is 41.2 Å². The van der Waals surface area contributed by atoms with E-state index >= 15 is 0 Å². The van der Waals surface area contributed by atoms with E-state index < -0.39 is 0 Å². The molecular formula is C54H91BO4. The van der Waals surface area contributed by atoms with Crippen molar-refractivity contribution in [3.63, 3.8) is 0 Å². The van der Waals surface area contributed by atoms with E-state index in [2.05, 4.69) is 81.4 Å².